The molecule has 2 aromatic rings. The molecule has 1 fully saturated rings. The van der Waals surface area contributed by atoms with Crippen molar-refractivity contribution in [1.82, 2.24) is 15.2 Å². The second kappa shape index (κ2) is 6.98. The highest BCUT2D eigenvalue weighted by molar-refractivity contribution is 6.32. The Morgan fingerprint density at radius 1 is 1.50 bits per heavy atom. The van der Waals surface area contributed by atoms with E-state index in [4.69, 9.17) is 21.1 Å². The predicted octanol–water partition coefficient (Wildman–Crippen LogP) is 2.63. The van der Waals surface area contributed by atoms with Gasteiger partial charge in [-0.15, -0.1) is 5.10 Å². The molecule has 2 N–H and O–H groups in total. The molecule has 22 heavy (non-hydrogen) atoms. The average molecular weight is 323 g/mol. The summed E-state index contributed by atoms with van der Waals surface area (Å²) in [6.07, 6.45) is 1.84. The quantitative estimate of drug-likeness (QED) is 0.855. The molecule has 3 rings (SSSR count). The smallest absolute Gasteiger partial charge is 0.242 e. The van der Waals surface area contributed by atoms with Gasteiger partial charge in [0.15, 0.2) is 0 Å². The van der Waals surface area contributed by atoms with Crippen molar-refractivity contribution in [2.24, 2.45) is 0 Å². The molecule has 1 aromatic heterocycles. The molecule has 1 saturated heterocycles. The molecule has 0 amide bonds. The molecular formula is C15H19ClN4O2. The van der Waals surface area contributed by atoms with Crippen molar-refractivity contribution in [3.05, 3.63) is 34.6 Å². The van der Waals surface area contributed by atoms with E-state index in [1.54, 1.807) is 7.11 Å². The summed E-state index contributed by atoms with van der Waals surface area (Å²) in [4.78, 5) is 4.47. The van der Waals surface area contributed by atoms with E-state index in [-0.39, 0.29) is 0 Å². The third-order valence-electron chi connectivity index (χ3n) is 3.73. The van der Waals surface area contributed by atoms with E-state index in [0.29, 0.717) is 22.6 Å². The topological polar surface area (TPSA) is 72.1 Å². The molecule has 7 heteroatoms. The molecule has 1 atom stereocenters. The van der Waals surface area contributed by atoms with Crippen LogP contribution >= 0.6 is 11.6 Å². The van der Waals surface area contributed by atoms with Crippen LogP contribution in [0.4, 0.5) is 5.95 Å². The molecule has 6 nitrogen and oxygen atoms in total. The maximum absolute atomic E-state index is 6.02. The van der Waals surface area contributed by atoms with Crippen LogP contribution in [0.3, 0.4) is 0 Å². The van der Waals surface area contributed by atoms with Gasteiger partial charge in [-0.05, 0) is 30.5 Å². The van der Waals surface area contributed by atoms with Crippen molar-refractivity contribution in [2.75, 3.05) is 32.2 Å². The molecule has 0 bridgehead atoms. The zero-order chi connectivity index (χ0) is 15.4. The van der Waals surface area contributed by atoms with Gasteiger partial charge in [-0.25, -0.2) is 0 Å². The predicted molar refractivity (Wildman–Crippen MR) is 84.8 cm³/mol. The molecule has 1 unspecified atom stereocenters. The van der Waals surface area contributed by atoms with Gasteiger partial charge in [0.2, 0.25) is 5.95 Å². The van der Waals surface area contributed by atoms with E-state index >= 15 is 0 Å². The summed E-state index contributed by atoms with van der Waals surface area (Å²) in [5.41, 5.74) is 1.15. The summed E-state index contributed by atoms with van der Waals surface area (Å²) in [6, 6.07) is 5.79. The van der Waals surface area contributed by atoms with E-state index in [1.807, 2.05) is 18.2 Å². The van der Waals surface area contributed by atoms with Crippen LogP contribution < -0.4 is 10.1 Å². The van der Waals surface area contributed by atoms with Crippen molar-refractivity contribution < 1.29 is 9.47 Å². The lowest BCUT2D eigenvalue weighted by Crippen LogP contribution is -2.06. The van der Waals surface area contributed by atoms with E-state index < -0.39 is 0 Å². The number of hydrogen-bond acceptors (Lipinski definition) is 5. The fraction of sp³-hybridized carbons (Fsp3) is 0.467. The maximum Gasteiger partial charge on any atom is 0.242 e. The van der Waals surface area contributed by atoms with Crippen molar-refractivity contribution in [3.63, 3.8) is 0 Å². The number of halogens is 1. The van der Waals surface area contributed by atoms with Crippen molar-refractivity contribution in [2.45, 2.75) is 18.8 Å². The zero-order valence-corrected chi connectivity index (χ0v) is 13.2. The number of ether oxygens (including phenoxy) is 2. The van der Waals surface area contributed by atoms with Crippen LogP contribution in [-0.2, 0) is 11.2 Å². The number of aromatic amines is 1. The van der Waals surface area contributed by atoms with Crippen molar-refractivity contribution >= 4 is 17.5 Å². The lowest BCUT2D eigenvalue weighted by Gasteiger charge is -2.07. The van der Waals surface area contributed by atoms with Crippen LogP contribution in [0.5, 0.6) is 5.75 Å². The van der Waals surface area contributed by atoms with E-state index in [9.17, 15) is 0 Å². The fourth-order valence-electron chi connectivity index (χ4n) is 2.46. The number of anilines is 1. The molecule has 0 radical (unpaired) electrons. The Balaban J connectivity index is 1.52. The Morgan fingerprint density at radius 3 is 3.18 bits per heavy atom. The van der Waals surface area contributed by atoms with Crippen LogP contribution in [0.1, 0.15) is 23.7 Å². The van der Waals surface area contributed by atoms with Crippen molar-refractivity contribution in [1.29, 1.82) is 0 Å². The number of nitrogens with one attached hydrogen (secondary N) is 2. The highest BCUT2D eigenvalue weighted by Crippen LogP contribution is 2.25. The number of nitrogens with zero attached hydrogens (tertiary/aromatic N) is 2. The van der Waals surface area contributed by atoms with Gasteiger partial charge in [0.1, 0.15) is 11.6 Å². The van der Waals surface area contributed by atoms with Gasteiger partial charge in [-0.2, -0.15) is 4.98 Å². The van der Waals surface area contributed by atoms with Crippen LogP contribution in [-0.4, -0.2) is 42.0 Å². The molecule has 2 heterocycles. The van der Waals surface area contributed by atoms with E-state index in [1.165, 1.54) is 0 Å². The van der Waals surface area contributed by atoms with Crippen LogP contribution in [0.25, 0.3) is 0 Å². The lowest BCUT2D eigenvalue weighted by molar-refractivity contribution is 0.193. The van der Waals surface area contributed by atoms with Gasteiger partial charge < -0.3 is 14.8 Å². The molecule has 1 aromatic carbocycles. The number of H-pyrrole nitrogens is 1. The first-order valence-corrected chi connectivity index (χ1v) is 7.70. The largest absolute Gasteiger partial charge is 0.495 e. The van der Waals surface area contributed by atoms with Gasteiger partial charge >= 0.3 is 0 Å². The van der Waals surface area contributed by atoms with Gasteiger partial charge in [-0.1, -0.05) is 17.7 Å². The summed E-state index contributed by atoms with van der Waals surface area (Å²) < 4.78 is 10.6. The second-order valence-corrected chi connectivity index (χ2v) is 5.66. The summed E-state index contributed by atoms with van der Waals surface area (Å²) in [5.74, 6) is 2.56. The Labute approximate surface area is 134 Å². The normalized spacial score (nSPS) is 17.6. The Morgan fingerprint density at radius 2 is 2.41 bits per heavy atom. The average Bonchev–Trinajstić information content (AvgIpc) is 3.19. The number of aromatic nitrogens is 3. The third kappa shape index (κ3) is 3.51. The fourth-order valence-corrected chi connectivity index (χ4v) is 2.66. The SMILES string of the molecule is COc1cc(CCNc2n[nH]c(C3CCOC3)n2)ccc1Cl. The molecule has 1 aliphatic rings. The van der Waals surface area contributed by atoms with Crippen LogP contribution in [0.2, 0.25) is 5.02 Å². The van der Waals surface area contributed by atoms with Crippen LogP contribution in [0, 0.1) is 0 Å². The standard InChI is InChI=1S/C15H19ClN4O2/c1-21-13-8-10(2-3-12(13)16)4-6-17-15-18-14(19-20-15)11-5-7-22-9-11/h2-3,8,11H,4-7,9H2,1H3,(H2,17,18,19,20). The highest BCUT2D eigenvalue weighted by Gasteiger charge is 2.21. The summed E-state index contributed by atoms with van der Waals surface area (Å²) in [6.45, 7) is 2.26. The summed E-state index contributed by atoms with van der Waals surface area (Å²) in [5, 5.41) is 11.0. The Kier molecular flexibility index (Phi) is 4.80. The first-order chi connectivity index (χ1) is 10.8. The summed E-state index contributed by atoms with van der Waals surface area (Å²) in [7, 11) is 1.62. The Hall–Kier alpha value is -1.79. The zero-order valence-electron chi connectivity index (χ0n) is 12.4. The molecule has 118 valence electrons. The highest BCUT2D eigenvalue weighted by atomic mass is 35.5. The van der Waals surface area contributed by atoms with E-state index in [2.05, 4.69) is 20.5 Å². The number of rotatable bonds is 6. The lowest BCUT2D eigenvalue weighted by atomic mass is 10.1. The molecule has 0 aliphatic carbocycles. The first kappa shape index (κ1) is 15.1. The number of benzene rings is 1. The van der Waals surface area contributed by atoms with Gasteiger partial charge in [0.05, 0.1) is 18.7 Å². The third-order valence-corrected chi connectivity index (χ3v) is 4.04. The van der Waals surface area contributed by atoms with Gasteiger partial charge in [0, 0.05) is 19.1 Å². The minimum absolute atomic E-state index is 0.337. The first-order valence-electron chi connectivity index (χ1n) is 7.32. The van der Waals surface area contributed by atoms with Crippen LogP contribution in [0.15, 0.2) is 18.2 Å². The molecular weight excluding hydrogens is 304 g/mol. The number of hydrogen-bond donors (Lipinski definition) is 2. The molecule has 0 spiro atoms. The Bertz CT molecular complexity index is 626. The number of methoxy groups -OCH3 is 1. The van der Waals surface area contributed by atoms with Gasteiger partial charge in [-0.3, -0.25) is 5.10 Å². The second-order valence-electron chi connectivity index (χ2n) is 5.25. The summed E-state index contributed by atoms with van der Waals surface area (Å²) >= 11 is 6.02. The minimum Gasteiger partial charge on any atom is -0.495 e. The van der Waals surface area contributed by atoms with Crippen molar-refractivity contribution in [3.8, 4) is 5.75 Å². The minimum atomic E-state index is 0.337. The molecule has 1 aliphatic heterocycles. The maximum atomic E-state index is 6.02. The monoisotopic (exact) mass is 322 g/mol. The van der Waals surface area contributed by atoms with E-state index in [0.717, 1.165) is 44.0 Å². The molecule has 0 saturated carbocycles. The van der Waals surface area contributed by atoms with Gasteiger partial charge in [0.25, 0.3) is 0 Å².